The predicted molar refractivity (Wildman–Crippen MR) is 489 cm³/mol. The zero-order valence-corrected chi connectivity index (χ0v) is 77.4. The van der Waals surface area contributed by atoms with E-state index < -0.39 is 83.7 Å². The Balaban J connectivity index is 0.554. The van der Waals surface area contributed by atoms with Crippen LogP contribution in [0.25, 0.3) is 44.6 Å². The number of Topliss-reactive ketones (excluding diaryl/α,β-unsaturated/α-hetero) is 3. The Hall–Kier alpha value is -10.9. The molecule has 3 fully saturated rings. The second-order valence-corrected chi connectivity index (χ2v) is 34.5. The quantitative estimate of drug-likeness (QED) is 0.00779. The molecule has 7 aromatic rings. The highest BCUT2D eigenvalue weighted by Gasteiger charge is 2.53. The van der Waals surface area contributed by atoms with Gasteiger partial charge in [0.2, 0.25) is 23.6 Å². The van der Waals surface area contributed by atoms with Crippen LogP contribution in [-0.2, 0) is 82.7 Å². The van der Waals surface area contributed by atoms with Crippen LogP contribution in [0, 0.1) is 35.5 Å². The molecule has 4 aliphatic rings. The van der Waals surface area contributed by atoms with Crippen molar-refractivity contribution in [3.63, 3.8) is 0 Å². The Morgan fingerprint density at radius 1 is 0.720 bits per heavy atom. The van der Waals surface area contributed by atoms with E-state index in [-0.39, 0.29) is 111 Å². The van der Waals surface area contributed by atoms with E-state index in [0.717, 1.165) is 30.4 Å². The summed E-state index contributed by atoms with van der Waals surface area (Å²) in [6, 6.07) is 4.15. The number of allylic oxidation sites excluding steroid dienone is 6. The number of amides is 3. The number of nitrogen functional groups attached to an aromatic ring is 2. The van der Waals surface area contributed by atoms with Crippen molar-refractivity contribution < 1.29 is 95.6 Å². The Kier molecular flexibility index (Phi) is 39.2. The number of nitrogens with zero attached hydrogens (tertiary/aromatic N) is 13. The van der Waals surface area contributed by atoms with Gasteiger partial charge in [-0.1, -0.05) is 76.3 Å². The molecule has 2 bridgehead atoms. The predicted octanol–water partition coefficient (Wildman–Crippen LogP) is 8.34. The summed E-state index contributed by atoms with van der Waals surface area (Å²) in [6.45, 7) is 18.3. The smallest absolute Gasteiger partial charge is 0.329 e. The number of aliphatic hydroxyl groups is 2. The molecule has 9 heterocycles. The largest absolute Gasteiger partial charge is 0.460 e. The van der Waals surface area contributed by atoms with Gasteiger partial charge in [0, 0.05) is 134 Å². The summed E-state index contributed by atoms with van der Waals surface area (Å²) in [5.41, 5.74) is 17.9. The Labute approximate surface area is 768 Å². The number of fused-ring (bicyclic) bond motifs is 5. The molecule has 0 unspecified atom stereocenters. The van der Waals surface area contributed by atoms with Gasteiger partial charge in [0.25, 0.3) is 23.6 Å². The van der Waals surface area contributed by atoms with E-state index in [2.05, 4.69) is 66.5 Å². The second-order valence-electron chi connectivity index (χ2n) is 34.5. The molecule has 39 nitrogen and oxygen atoms in total. The summed E-state index contributed by atoms with van der Waals surface area (Å²) >= 11 is 0. The van der Waals surface area contributed by atoms with Crippen LogP contribution in [0.5, 0.6) is 0 Å². The molecule has 11 rings (SSSR count). The summed E-state index contributed by atoms with van der Waals surface area (Å²) in [4.78, 5) is 130. The number of hydrogen-bond donors (Lipinski definition) is 8. The monoisotopic (exact) mass is 1830 g/mol. The van der Waals surface area contributed by atoms with Crippen molar-refractivity contribution in [2.75, 3.05) is 142 Å². The van der Waals surface area contributed by atoms with Crippen molar-refractivity contribution in [1.29, 1.82) is 0 Å². The highest BCUT2D eigenvalue weighted by Crippen LogP contribution is 2.41. The van der Waals surface area contributed by atoms with Gasteiger partial charge in [0.05, 0.1) is 108 Å². The lowest BCUT2D eigenvalue weighted by Gasteiger charge is -2.42. The first-order valence-electron chi connectivity index (χ1n) is 45.8. The molecule has 1 saturated carbocycles. The number of ether oxygens (including phenoxy) is 10. The van der Waals surface area contributed by atoms with E-state index >= 15 is 0 Å². The number of carbonyl (C=O) groups excluding carboxylic acids is 7. The number of nitrogens with two attached hydrogens (primary N) is 2. The summed E-state index contributed by atoms with van der Waals surface area (Å²) in [5, 5.41) is 50.4. The zero-order valence-electron chi connectivity index (χ0n) is 77.4. The fourth-order valence-corrected chi connectivity index (χ4v) is 17.1. The van der Waals surface area contributed by atoms with Crippen molar-refractivity contribution in [2.45, 2.75) is 206 Å². The topological polar surface area (TPSA) is 508 Å². The number of aromatic nitrogens is 12. The highest BCUT2D eigenvalue weighted by atomic mass is 16.6. The van der Waals surface area contributed by atoms with Crippen LogP contribution in [0.4, 0.5) is 23.7 Å². The fourth-order valence-electron chi connectivity index (χ4n) is 17.1. The van der Waals surface area contributed by atoms with Gasteiger partial charge in [-0.2, -0.15) is 10.1 Å². The third-order valence-corrected chi connectivity index (χ3v) is 24.7. The van der Waals surface area contributed by atoms with E-state index in [0.29, 0.717) is 193 Å². The Morgan fingerprint density at radius 3 is 2.11 bits per heavy atom. The maximum absolute atomic E-state index is 14.9. The molecule has 6 aromatic heterocycles. The molecule has 3 amide bonds. The van der Waals surface area contributed by atoms with Crippen molar-refractivity contribution >= 4 is 86.9 Å². The minimum Gasteiger partial charge on any atom is -0.460 e. The highest BCUT2D eigenvalue weighted by molar-refractivity contribution is 6.39. The number of anilines is 4. The average molecular weight is 1840 g/mol. The fraction of sp³-hybridized carbons (Fsp3) is 0.602. The molecule has 10 N–H and O–H groups in total. The van der Waals surface area contributed by atoms with Crippen LogP contribution in [0.1, 0.15) is 161 Å². The number of methoxy groups -OCH3 is 3. The van der Waals surface area contributed by atoms with Gasteiger partial charge in [0.15, 0.2) is 17.0 Å². The van der Waals surface area contributed by atoms with Crippen molar-refractivity contribution in [1.82, 2.24) is 75.2 Å². The Morgan fingerprint density at radius 2 is 1.42 bits per heavy atom. The van der Waals surface area contributed by atoms with Crippen LogP contribution in [-0.4, -0.2) is 284 Å². The van der Waals surface area contributed by atoms with E-state index in [1.807, 2.05) is 76.4 Å². The van der Waals surface area contributed by atoms with E-state index in [9.17, 15) is 43.8 Å². The number of esters is 1. The van der Waals surface area contributed by atoms with Crippen molar-refractivity contribution in [3.8, 4) is 22.5 Å². The van der Waals surface area contributed by atoms with Crippen molar-refractivity contribution in [2.24, 2.45) is 35.5 Å². The van der Waals surface area contributed by atoms with Gasteiger partial charge >= 0.3 is 5.97 Å². The SMILES string of the molecule is CO[C@H]1C[C@@H]2CC[C@@H](C)[C@@](O)(O2)C(=O)C(=O)N2CCCC[C@H]2C(=O)O[C@H]([C@H](C)C[C@@H]2CC[C@H](n3cc(-c4cnc(NCCNc5ncc(C(=O)NCCOCCOCCOCCOCCOCCC(=O)NCCCCn6nc(-c7ccc8oc(N)nc8c7)c7c(N)ncnc76)cn5)nc4)nn3)[C@H](OC)C2)CC(=O)[C@H](C)/C=C(\C)[C@@H](O)[C@@H](OC)C(=O)[C@H](C)C[C@H](C)/C=C/C=CC=C1C. The minimum absolute atomic E-state index is 0.0189. The summed E-state index contributed by atoms with van der Waals surface area (Å²) in [7, 11) is 4.60. The van der Waals surface area contributed by atoms with Crippen LogP contribution in [0.2, 0.25) is 0 Å². The van der Waals surface area contributed by atoms with Crippen LogP contribution >= 0.6 is 0 Å². The third kappa shape index (κ3) is 28.6. The lowest BCUT2D eigenvalue weighted by atomic mass is 9.77. The molecule has 1 aromatic carbocycles. The molecule has 132 heavy (non-hydrogen) atoms. The first-order chi connectivity index (χ1) is 63.7. The number of benzene rings is 1. The van der Waals surface area contributed by atoms with Gasteiger partial charge in [0.1, 0.15) is 59.2 Å². The molecule has 39 heteroatoms. The summed E-state index contributed by atoms with van der Waals surface area (Å²) in [5.74, 6) is -7.95. The molecule has 0 radical (unpaired) electrons. The maximum atomic E-state index is 14.9. The second kappa shape index (κ2) is 50.9. The molecule has 3 aliphatic heterocycles. The summed E-state index contributed by atoms with van der Waals surface area (Å²) in [6.07, 6.45) is 22.3. The van der Waals surface area contributed by atoms with Gasteiger partial charge in [-0.3, -0.25) is 28.8 Å². The number of cyclic esters (lactones) is 1. The molecule has 15 atom stereocenters. The first kappa shape index (κ1) is 102. The van der Waals surface area contributed by atoms with E-state index in [4.69, 9.17) is 68.4 Å². The number of rotatable bonds is 38. The standard InChI is InChI=1S/C93H131N19O20/c1-57-18-12-11-13-19-58(2)75(122-8)49-68-24-21-63(7)93(121,132-68)84(117)88(119)110-32-16-14-20-72(110)89(120)130-76(50-73(113)59(3)45-62(6)82(116)83(124-10)81(115)61(5)44-57)60(4)46-64-22-25-71(77(47-64)123-9)112-55-70(107-109-112)66-51-100-91(101-52-66)98-29-30-99-92-102-53-67(54-103-92)87(118)97-31-35-126-37-39-128-41-43-129-42-40-127-38-36-125-34-27-78(114)96-28-15-17-33-111-86-79(85(94)104-56-105-86)80(108-111)65-23-26-74-69(48-65)106-90(95)131-74/h11-13,18-19,23,26,45,48,51-57,59-61,63-64,68,71-72,75-77,82-83,116,121H,14-17,20-22,24-25,27-44,46-47,49-50H2,1-10H3,(H2,95,106)(H,96,114)(H,97,118)(H2,94,104,105)(H,98,100,101)(H,99,102,103)/b13-11?,18-12+,58-19?,62-45+/t57-,59-,60-,61-,63-,64+,68+,71+,72+,75+,76+,77-,82-,83+,93-/m1/s1. The number of piperidine rings is 1. The number of unbranched alkanes of at least 4 members (excludes halogenated alkanes) is 1. The van der Waals surface area contributed by atoms with Gasteiger partial charge in [-0.25, -0.2) is 44.1 Å². The molecule has 1 aliphatic carbocycles. The normalized spacial score (nSPS) is 25.2. The molecular weight excluding hydrogens is 1700 g/mol. The third-order valence-electron chi connectivity index (χ3n) is 24.7. The minimum atomic E-state index is -2.48. The maximum Gasteiger partial charge on any atom is 0.329 e. The molecule has 2 saturated heterocycles. The first-order valence-corrected chi connectivity index (χ1v) is 45.8. The molecule has 0 spiro atoms. The Bertz CT molecular complexity index is 5040. The van der Waals surface area contributed by atoms with Gasteiger partial charge in [-0.15, -0.1) is 5.10 Å². The number of oxazole rings is 1. The number of hydrogen-bond acceptors (Lipinski definition) is 34. The average Bonchev–Trinajstić information content (AvgIpc) is 1.45. The summed E-state index contributed by atoms with van der Waals surface area (Å²) < 4.78 is 67.4. The molecular formula is C93H131N19O20. The van der Waals surface area contributed by atoms with E-state index in [1.54, 1.807) is 68.9 Å². The van der Waals surface area contributed by atoms with Gasteiger partial charge < -0.3 is 99.6 Å². The number of ketones is 3. The van der Waals surface area contributed by atoms with Gasteiger partial charge in [-0.05, 0) is 138 Å². The van der Waals surface area contributed by atoms with Crippen molar-refractivity contribution in [3.05, 3.63) is 109 Å². The van der Waals surface area contributed by atoms with Crippen LogP contribution in [0.15, 0.2) is 108 Å². The van der Waals surface area contributed by atoms with Crippen LogP contribution in [0.3, 0.4) is 0 Å². The lowest BCUT2D eigenvalue weighted by molar-refractivity contribution is -0.265. The molecule has 718 valence electrons. The number of aliphatic hydroxyl groups excluding tert-OH is 1. The number of nitrogens with one attached hydrogen (secondary N) is 4. The zero-order chi connectivity index (χ0) is 94.2. The lowest BCUT2D eigenvalue weighted by Crippen LogP contribution is -2.61. The number of aryl methyl sites for hydroxylation is 1. The number of carbonyl (C=O) groups is 7. The van der Waals surface area contributed by atoms with Crippen LogP contribution < -0.4 is 32.7 Å². The van der Waals surface area contributed by atoms with E-state index in [1.165, 1.54) is 30.7 Å².